The van der Waals surface area contributed by atoms with Crippen LogP contribution in [0.2, 0.25) is 0 Å². The Bertz CT molecular complexity index is 1220. The van der Waals surface area contributed by atoms with E-state index in [1.165, 1.54) is 43.4 Å². The predicted octanol–water partition coefficient (Wildman–Crippen LogP) is 0.0407. The van der Waals surface area contributed by atoms with Crippen LogP contribution in [0.1, 0.15) is 28.2 Å². The van der Waals surface area contributed by atoms with Crippen LogP contribution >= 0.6 is 0 Å². The first-order valence-corrected chi connectivity index (χ1v) is 16.0. The maximum absolute atomic E-state index is 2.34. The molecule has 4 aromatic carbocycles. The van der Waals surface area contributed by atoms with Crippen molar-refractivity contribution in [3.8, 4) is 0 Å². The molecule has 0 radical (unpaired) electrons. The van der Waals surface area contributed by atoms with E-state index in [1.54, 1.807) is 23.3 Å². The Morgan fingerprint density at radius 3 is 1.70 bits per heavy atom. The van der Waals surface area contributed by atoms with E-state index in [0.29, 0.717) is 5.92 Å². The van der Waals surface area contributed by atoms with Crippen LogP contribution in [0.15, 0.2) is 103 Å². The summed E-state index contributed by atoms with van der Waals surface area (Å²) in [4.78, 5) is 0. The number of allylic oxidation sites excluding steroid dienone is 4. The summed E-state index contributed by atoms with van der Waals surface area (Å²) in [6.07, 6.45) is 8.86. The van der Waals surface area contributed by atoms with E-state index < -0.39 is 5.43 Å². The molecule has 166 valence electrons. The third-order valence-electron chi connectivity index (χ3n) is 5.93. The van der Waals surface area contributed by atoms with Crippen LogP contribution in [-0.2, 0) is 23.3 Å². The molecule has 1 aliphatic carbocycles. The number of hydrogen-bond acceptors (Lipinski definition) is 0. The predicted molar refractivity (Wildman–Crippen MR) is 133 cm³/mol. The molecule has 0 amide bonds. The van der Waals surface area contributed by atoms with Gasteiger partial charge in [-0.25, -0.2) is 0 Å². The average Bonchev–Trinajstić information content (AvgIpc) is 3.45. The Kier molecular flexibility index (Phi) is 10.7. The molecule has 0 unspecified atom stereocenters. The Morgan fingerprint density at radius 1 is 0.697 bits per heavy atom. The van der Waals surface area contributed by atoms with Crippen LogP contribution in [-0.4, -0.2) is 5.43 Å². The summed E-state index contributed by atoms with van der Waals surface area (Å²) in [5.41, 5.74) is 5.22. The van der Waals surface area contributed by atoms with Crippen LogP contribution in [0.25, 0.3) is 10.8 Å². The number of halogens is 2. The van der Waals surface area contributed by atoms with Crippen LogP contribution < -0.4 is 35.2 Å². The summed E-state index contributed by atoms with van der Waals surface area (Å²) >= 11 is 1.64. The molecule has 0 saturated heterocycles. The minimum atomic E-state index is -0.455. The second-order valence-corrected chi connectivity index (χ2v) is 13.7. The molecule has 5 rings (SSSR count). The maximum atomic E-state index is 2.34. The number of hydrogen-bond donors (Lipinski definition) is 0. The summed E-state index contributed by atoms with van der Waals surface area (Å²) in [6.45, 7) is 6.65. The number of aryl methyl sites for hydroxylation is 3. The Hall–Kier alpha value is -1.57. The van der Waals surface area contributed by atoms with E-state index in [0.717, 1.165) is 0 Å². The molecule has 0 saturated carbocycles. The van der Waals surface area contributed by atoms with E-state index in [2.05, 4.69) is 124 Å². The van der Waals surface area contributed by atoms with E-state index in [1.807, 2.05) is 0 Å². The van der Waals surface area contributed by atoms with Crippen molar-refractivity contribution >= 4 is 26.6 Å². The number of benzene rings is 3. The standard InChI is InChI=1S/C17H17.C12H10Si.2ClH.Zr/c1-11-8-9-12(2)17-15(11)10-13(3)16(17)14-6-4-5-7-14;1-3-7-11(8-4-1)13-12-9-5-2-6-10-12;;;/h4-10,14H,1-3H3;1-10H;2*1H;/q-1;;;;+2/p-2. The molecule has 0 fully saturated rings. The summed E-state index contributed by atoms with van der Waals surface area (Å²) in [5.74, 6) is 0.466. The first-order chi connectivity index (χ1) is 15.1. The average molecular weight is 566 g/mol. The summed E-state index contributed by atoms with van der Waals surface area (Å²) in [5, 5.41) is 5.92. The van der Waals surface area contributed by atoms with Crippen molar-refractivity contribution in [2.75, 3.05) is 0 Å². The normalized spacial score (nSPS) is 12.0. The molecule has 33 heavy (non-hydrogen) atoms. The van der Waals surface area contributed by atoms with Gasteiger partial charge in [0.15, 0.2) is 0 Å². The molecular weight excluding hydrogens is 539 g/mol. The van der Waals surface area contributed by atoms with E-state index in [4.69, 9.17) is 0 Å². The van der Waals surface area contributed by atoms with Gasteiger partial charge in [-0.2, -0.15) is 0 Å². The van der Waals surface area contributed by atoms with Gasteiger partial charge in [0, 0.05) is 0 Å². The third kappa shape index (κ3) is 6.31. The van der Waals surface area contributed by atoms with Gasteiger partial charge in [0.25, 0.3) is 0 Å². The SMILES string of the molecule is Cc1[cH-]c2c(C)ccc(C)c2c1C1C=CC=C1.[Cl-].[Cl-].[Zr+2]=[Si](c1ccccc1)c1ccccc1. The summed E-state index contributed by atoms with van der Waals surface area (Å²) in [7, 11) is 0. The van der Waals surface area contributed by atoms with E-state index >= 15 is 0 Å². The van der Waals surface area contributed by atoms with Crippen LogP contribution in [0.5, 0.6) is 0 Å². The first-order valence-electron chi connectivity index (χ1n) is 10.8. The van der Waals surface area contributed by atoms with E-state index in [9.17, 15) is 0 Å². The van der Waals surface area contributed by atoms with Gasteiger partial charge in [-0.05, 0) is 12.8 Å². The van der Waals surface area contributed by atoms with Crippen molar-refractivity contribution in [3.63, 3.8) is 0 Å². The molecule has 4 heteroatoms. The van der Waals surface area contributed by atoms with Gasteiger partial charge < -0.3 is 24.8 Å². The minimum absolute atomic E-state index is 0. The molecule has 0 spiro atoms. The van der Waals surface area contributed by atoms with Gasteiger partial charge in [0.2, 0.25) is 0 Å². The molecule has 0 atom stereocenters. The molecule has 0 heterocycles. The fourth-order valence-corrected chi connectivity index (χ4v) is 8.14. The van der Waals surface area contributed by atoms with E-state index in [-0.39, 0.29) is 24.8 Å². The zero-order valence-corrected chi connectivity index (χ0v) is 24.1. The summed E-state index contributed by atoms with van der Waals surface area (Å²) < 4.78 is 0. The Labute approximate surface area is 225 Å². The Morgan fingerprint density at radius 2 is 1.18 bits per heavy atom. The van der Waals surface area contributed by atoms with Gasteiger partial charge in [0.05, 0.1) is 0 Å². The second-order valence-electron chi connectivity index (χ2n) is 8.13. The van der Waals surface area contributed by atoms with Gasteiger partial charge in [-0.1, -0.05) is 49.8 Å². The number of fused-ring (bicyclic) bond motifs is 1. The topological polar surface area (TPSA) is 0 Å². The van der Waals surface area contributed by atoms with Crippen molar-refractivity contribution in [1.29, 1.82) is 0 Å². The fraction of sp³-hybridized carbons (Fsp3) is 0.138. The molecule has 0 bridgehead atoms. The van der Waals surface area contributed by atoms with Crippen molar-refractivity contribution in [2.24, 2.45) is 0 Å². The van der Waals surface area contributed by atoms with Gasteiger partial charge in [0.1, 0.15) is 0 Å². The quantitative estimate of drug-likeness (QED) is 0.243. The zero-order valence-electron chi connectivity index (χ0n) is 19.1. The van der Waals surface area contributed by atoms with Crippen LogP contribution in [0, 0.1) is 20.8 Å². The molecular formula is C29H27Cl2SiZr-. The second kappa shape index (κ2) is 12.8. The number of rotatable bonds is 3. The monoisotopic (exact) mass is 563 g/mol. The third-order valence-corrected chi connectivity index (χ3v) is 12.0. The van der Waals surface area contributed by atoms with Crippen LogP contribution in [0.3, 0.4) is 0 Å². The van der Waals surface area contributed by atoms with Crippen molar-refractivity contribution in [3.05, 3.63) is 125 Å². The van der Waals surface area contributed by atoms with Crippen molar-refractivity contribution in [2.45, 2.75) is 26.7 Å². The molecule has 4 aromatic rings. The molecule has 0 N–H and O–H groups in total. The Balaban J connectivity index is 0.000000224. The van der Waals surface area contributed by atoms with Gasteiger partial charge in [-0.3, -0.25) is 0 Å². The molecule has 0 nitrogen and oxygen atoms in total. The molecule has 0 aromatic heterocycles. The first kappa shape index (κ1) is 27.7. The fourth-order valence-electron chi connectivity index (χ4n) is 4.30. The summed E-state index contributed by atoms with van der Waals surface area (Å²) in [6, 6.07) is 28.5. The van der Waals surface area contributed by atoms with Crippen molar-refractivity contribution in [1.82, 2.24) is 0 Å². The molecule has 1 aliphatic rings. The van der Waals surface area contributed by atoms with Crippen LogP contribution in [0.4, 0.5) is 0 Å². The van der Waals surface area contributed by atoms with Gasteiger partial charge in [-0.15, -0.1) is 39.6 Å². The van der Waals surface area contributed by atoms with Crippen molar-refractivity contribution < 1.29 is 48.1 Å². The molecule has 0 aliphatic heterocycles. The zero-order chi connectivity index (χ0) is 21.8. The van der Waals surface area contributed by atoms with Gasteiger partial charge >= 0.3 is 99.8 Å².